The third-order valence-electron chi connectivity index (χ3n) is 12.0. The molecule has 0 bridgehead atoms. The Labute approximate surface area is 402 Å². The summed E-state index contributed by atoms with van der Waals surface area (Å²) in [5, 5.41) is 0. The van der Waals surface area contributed by atoms with Crippen LogP contribution >= 0.6 is 0 Å². The summed E-state index contributed by atoms with van der Waals surface area (Å²) in [5.41, 5.74) is 0. The second kappa shape index (κ2) is 53.7. The molecule has 0 spiro atoms. The van der Waals surface area contributed by atoms with Crippen molar-refractivity contribution in [2.45, 2.75) is 284 Å². The van der Waals surface area contributed by atoms with E-state index in [0.29, 0.717) is 19.3 Å². The molecule has 0 aliphatic heterocycles. The van der Waals surface area contributed by atoms with Gasteiger partial charge in [-0.3, -0.25) is 14.4 Å². The average Bonchev–Trinajstić information content (AvgIpc) is 3.30. The Hall–Kier alpha value is -2.89. The molecule has 0 aliphatic carbocycles. The number of allylic oxidation sites excluding steroid dienone is 10. The molecule has 1 atom stereocenters. The number of esters is 3. The number of carbonyl (C=O) groups excluding carboxylic acids is 3. The lowest BCUT2D eigenvalue weighted by atomic mass is 10.1. The number of hydrogen-bond acceptors (Lipinski definition) is 6. The maximum Gasteiger partial charge on any atom is 0.306 e. The van der Waals surface area contributed by atoms with E-state index in [1.54, 1.807) is 0 Å². The van der Waals surface area contributed by atoms with Gasteiger partial charge in [-0.05, 0) is 89.9 Å². The second-order valence-electron chi connectivity index (χ2n) is 18.5. The van der Waals surface area contributed by atoms with Crippen LogP contribution in [-0.2, 0) is 28.6 Å². The lowest BCUT2D eigenvalue weighted by Crippen LogP contribution is -2.30. The van der Waals surface area contributed by atoms with Crippen molar-refractivity contribution >= 4 is 17.9 Å². The van der Waals surface area contributed by atoms with Crippen LogP contribution in [0.15, 0.2) is 60.8 Å². The molecule has 0 aliphatic rings. The lowest BCUT2D eigenvalue weighted by Gasteiger charge is -2.18. The Kier molecular flexibility index (Phi) is 51.3. The quantitative estimate of drug-likeness (QED) is 0.0262. The standard InChI is InChI=1S/C59H104O6/c1-4-7-10-13-15-17-19-21-23-25-26-27-28-29-30-31-32-34-35-37-39-41-43-46-49-52-58(61)64-55-56(54-63-57(60)51-48-45-12-9-6-3)65-59(62)53-50-47-44-42-40-38-36-33-24-22-20-18-16-14-11-8-5-2/h16,18-19,21-22,24-26,28-29,56H,4-15,17,20,23,27,30-55H2,1-3H3/b18-16-,21-19-,24-22-,26-25-,29-28-. The summed E-state index contributed by atoms with van der Waals surface area (Å²) in [7, 11) is 0. The molecule has 0 amide bonds. The zero-order chi connectivity index (χ0) is 47.2. The van der Waals surface area contributed by atoms with E-state index in [0.717, 1.165) is 89.9 Å². The van der Waals surface area contributed by atoms with E-state index < -0.39 is 6.10 Å². The predicted octanol–water partition coefficient (Wildman–Crippen LogP) is 18.4. The van der Waals surface area contributed by atoms with Gasteiger partial charge in [0, 0.05) is 19.3 Å². The number of unbranched alkanes of at least 4 members (excludes halogenated alkanes) is 29. The minimum atomic E-state index is -0.776. The van der Waals surface area contributed by atoms with E-state index in [4.69, 9.17) is 14.2 Å². The molecule has 0 radical (unpaired) electrons. The molecule has 0 aromatic carbocycles. The van der Waals surface area contributed by atoms with Crippen LogP contribution in [-0.4, -0.2) is 37.2 Å². The van der Waals surface area contributed by atoms with Crippen LogP contribution in [0.1, 0.15) is 278 Å². The Balaban J connectivity index is 4.11. The summed E-state index contributed by atoms with van der Waals surface area (Å²) in [4.78, 5) is 37.7. The number of ether oxygens (including phenoxy) is 3. The number of hydrogen-bond donors (Lipinski definition) is 0. The van der Waals surface area contributed by atoms with E-state index in [-0.39, 0.29) is 31.1 Å². The zero-order valence-corrected chi connectivity index (χ0v) is 43.0. The lowest BCUT2D eigenvalue weighted by molar-refractivity contribution is -0.167. The number of carbonyl (C=O) groups is 3. The van der Waals surface area contributed by atoms with Crippen LogP contribution in [0.2, 0.25) is 0 Å². The maximum absolute atomic E-state index is 12.8. The van der Waals surface area contributed by atoms with Crippen LogP contribution in [0.3, 0.4) is 0 Å². The molecule has 376 valence electrons. The summed E-state index contributed by atoms with van der Waals surface area (Å²) in [6.07, 6.45) is 66.8. The summed E-state index contributed by atoms with van der Waals surface area (Å²) in [6.45, 7) is 6.52. The minimum Gasteiger partial charge on any atom is -0.462 e. The monoisotopic (exact) mass is 909 g/mol. The first-order valence-corrected chi connectivity index (χ1v) is 27.8. The van der Waals surface area contributed by atoms with Crippen LogP contribution in [0.5, 0.6) is 0 Å². The summed E-state index contributed by atoms with van der Waals surface area (Å²) >= 11 is 0. The van der Waals surface area contributed by atoms with Gasteiger partial charge in [0.05, 0.1) is 0 Å². The Morgan fingerprint density at radius 3 is 0.892 bits per heavy atom. The molecule has 0 saturated heterocycles. The van der Waals surface area contributed by atoms with Crippen molar-refractivity contribution in [1.29, 1.82) is 0 Å². The third-order valence-corrected chi connectivity index (χ3v) is 12.0. The van der Waals surface area contributed by atoms with Crippen molar-refractivity contribution in [2.24, 2.45) is 0 Å². The van der Waals surface area contributed by atoms with Crippen molar-refractivity contribution in [2.75, 3.05) is 13.2 Å². The van der Waals surface area contributed by atoms with Gasteiger partial charge in [-0.25, -0.2) is 0 Å². The Bertz CT molecular complexity index is 1180. The largest absolute Gasteiger partial charge is 0.462 e. The molecular formula is C59H104O6. The van der Waals surface area contributed by atoms with Crippen molar-refractivity contribution < 1.29 is 28.6 Å². The highest BCUT2D eigenvalue weighted by Crippen LogP contribution is 2.15. The molecule has 0 fully saturated rings. The molecule has 0 saturated carbocycles. The van der Waals surface area contributed by atoms with E-state index >= 15 is 0 Å². The van der Waals surface area contributed by atoms with Crippen LogP contribution < -0.4 is 0 Å². The summed E-state index contributed by atoms with van der Waals surface area (Å²) in [6, 6.07) is 0. The molecule has 6 heteroatoms. The third kappa shape index (κ3) is 51.9. The second-order valence-corrected chi connectivity index (χ2v) is 18.5. The van der Waals surface area contributed by atoms with E-state index in [2.05, 4.69) is 81.5 Å². The highest BCUT2D eigenvalue weighted by Gasteiger charge is 2.19. The molecule has 0 rings (SSSR count). The van der Waals surface area contributed by atoms with Gasteiger partial charge in [-0.15, -0.1) is 0 Å². The smallest absolute Gasteiger partial charge is 0.306 e. The minimum absolute atomic E-state index is 0.0789. The van der Waals surface area contributed by atoms with Gasteiger partial charge in [0.2, 0.25) is 0 Å². The van der Waals surface area contributed by atoms with Gasteiger partial charge in [0.15, 0.2) is 6.10 Å². The van der Waals surface area contributed by atoms with Crippen molar-refractivity contribution in [3.8, 4) is 0 Å². The van der Waals surface area contributed by atoms with E-state index in [1.807, 2.05) is 0 Å². The first-order chi connectivity index (χ1) is 32.0. The topological polar surface area (TPSA) is 78.9 Å². The van der Waals surface area contributed by atoms with Gasteiger partial charge >= 0.3 is 17.9 Å². The van der Waals surface area contributed by atoms with Gasteiger partial charge in [-0.2, -0.15) is 0 Å². The molecule has 0 N–H and O–H groups in total. The average molecular weight is 909 g/mol. The van der Waals surface area contributed by atoms with Crippen molar-refractivity contribution in [3.05, 3.63) is 60.8 Å². The van der Waals surface area contributed by atoms with E-state index in [9.17, 15) is 14.4 Å². The van der Waals surface area contributed by atoms with Crippen LogP contribution in [0, 0.1) is 0 Å². The molecule has 1 unspecified atom stereocenters. The fourth-order valence-electron chi connectivity index (χ4n) is 7.77. The normalized spacial score (nSPS) is 12.5. The molecule has 0 aromatic rings. The SMILES string of the molecule is CCCCC/C=C\C/C=C\CCCCCCCCCC(=O)OC(COC(=O)CCCCCCC)COC(=O)CCCCCCCCCCCC/C=C\C/C=C\C/C=C\CCCCCCC. The first kappa shape index (κ1) is 62.1. The first-order valence-electron chi connectivity index (χ1n) is 27.8. The fraction of sp³-hybridized carbons (Fsp3) is 0.780. The molecule has 0 heterocycles. The van der Waals surface area contributed by atoms with E-state index in [1.165, 1.54) is 148 Å². The van der Waals surface area contributed by atoms with Gasteiger partial charge in [0.1, 0.15) is 13.2 Å². The maximum atomic E-state index is 12.8. The van der Waals surface area contributed by atoms with Gasteiger partial charge < -0.3 is 14.2 Å². The summed E-state index contributed by atoms with van der Waals surface area (Å²) in [5.74, 6) is -0.898. The predicted molar refractivity (Wildman–Crippen MR) is 279 cm³/mol. The van der Waals surface area contributed by atoms with Crippen molar-refractivity contribution in [3.63, 3.8) is 0 Å². The molecule has 6 nitrogen and oxygen atoms in total. The Morgan fingerprint density at radius 1 is 0.308 bits per heavy atom. The Morgan fingerprint density at radius 2 is 0.554 bits per heavy atom. The van der Waals surface area contributed by atoms with Crippen LogP contribution in [0.4, 0.5) is 0 Å². The molecule has 65 heavy (non-hydrogen) atoms. The van der Waals surface area contributed by atoms with Gasteiger partial charge in [0.25, 0.3) is 0 Å². The van der Waals surface area contributed by atoms with Crippen molar-refractivity contribution in [1.82, 2.24) is 0 Å². The number of rotatable bonds is 50. The van der Waals surface area contributed by atoms with Crippen LogP contribution in [0.25, 0.3) is 0 Å². The molecule has 0 aromatic heterocycles. The molecular weight excluding hydrogens is 805 g/mol. The summed E-state index contributed by atoms with van der Waals surface area (Å²) < 4.78 is 16.7. The highest BCUT2D eigenvalue weighted by molar-refractivity contribution is 5.71. The highest BCUT2D eigenvalue weighted by atomic mass is 16.6. The fourth-order valence-corrected chi connectivity index (χ4v) is 7.77. The van der Waals surface area contributed by atoms with Gasteiger partial charge in [-0.1, -0.05) is 229 Å². The zero-order valence-electron chi connectivity index (χ0n) is 43.0.